The molecule has 0 heterocycles. The molecular weight excluding hydrogens is 258 g/mol. The van der Waals surface area contributed by atoms with E-state index in [0.29, 0.717) is 12.8 Å². The van der Waals surface area contributed by atoms with Crippen molar-refractivity contribution in [3.05, 3.63) is 39.3 Å². The minimum atomic E-state index is -0.840. The molecule has 1 atom stereocenters. The Bertz CT molecular complexity index is 537. The summed E-state index contributed by atoms with van der Waals surface area (Å²) >= 11 is 0. The molecule has 1 rings (SSSR count). The summed E-state index contributed by atoms with van der Waals surface area (Å²) in [5.41, 5.74) is 11.5. The molecule has 0 aliphatic carbocycles. The number of carboxylic acid groups (broad SMARTS) is 1. The van der Waals surface area contributed by atoms with Crippen LogP contribution in [0.25, 0.3) is 10.4 Å². The van der Waals surface area contributed by atoms with Gasteiger partial charge < -0.3 is 9.84 Å². The van der Waals surface area contributed by atoms with Crippen LogP contribution >= 0.6 is 0 Å². The summed E-state index contributed by atoms with van der Waals surface area (Å²) in [6, 6.07) is 3.50. The topological polar surface area (TPSA) is 95.3 Å². The predicted octanol–water partition coefficient (Wildman–Crippen LogP) is 3.92. The van der Waals surface area contributed by atoms with Crippen LogP contribution in [0.5, 0.6) is 5.75 Å². The van der Waals surface area contributed by atoms with Gasteiger partial charge in [0.1, 0.15) is 5.75 Å². The molecule has 0 spiro atoms. The predicted molar refractivity (Wildman–Crippen MR) is 75.8 cm³/mol. The van der Waals surface area contributed by atoms with E-state index in [2.05, 4.69) is 10.0 Å². The Hall–Kier alpha value is -2.20. The average Bonchev–Trinajstić information content (AvgIpc) is 2.39. The number of carbonyl (C=O) groups is 1. The van der Waals surface area contributed by atoms with E-state index in [1.807, 2.05) is 26.0 Å². The maximum absolute atomic E-state index is 10.6. The van der Waals surface area contributed by atoms with Crippen LogP contribution in [-0.4, -0.2) is 18.2 Å². The second-order valence-corrected chi connectivity index (χ2v) is 4.69. The zero-order chi connectivity index (χ0) is 15.1. The molecule has 1 aromatic carbocycles. The lowest BCUT2D eigenvalue weighted by Gasteiger charge is -2.16. The van der Waals surface area contributed by atoms with Crippen molar-refractivity contribution in [3.8, 4) is 5.75 Å². The number of carboxylic acids is 1. The van der Waals surface area contributed by atoms with Crippen molar-refractivity contribution in [1.82, 2.24) is 0 Å². The van der Waals surface area contributed by atoms with Crippen molar-refractivity contribution in [2.45, 2.75) is 39.2 Å². The first-order valence-corrected chi connectivity index (χ1v) is 6.40. The second-order valence-electron chi connectivity index (χ2n) is 4.69. The molecule has 0 amide bonds. The number of aryl methyl sites for hydroxylation is 2. The number of aliphatic carboxylic acids is 1. The number of methoxy groups -OCH3 is 1. The quantitative estimate of drug-likeness (QED) is 0.464. The first-order valence-electron chi connectivity index (χ1n) is 6.40. The Morgan fingerprint density at radius 1 is 1.45 bits per heavy atom. The lowest BCUT2D eigenvalue weighted by Crippen LogP contribution is -2.02. The lowest BCUT2D eigenvalue weighted by atomic mass is 9.95. The fourth-order valence-electron chi connectivity index (χ4n) is 2.18. The molecule has 1 aromatic rings. The van der Waals surface area contributed by atoms with Gasteiger partial charge in [-0.3, -0.25) is 4.79 Å². The summed E-state index contributed by atoms with van der Waals surface area (Å²) in [6.07, 6.45) is 1.07. The van der Waals surface area contributed by atoms with Gasteiger partial charge in [-0.15, -0.1) is 0 Å². The van der Waals surface area contributed by atoms with Crippen LogP contribution in [-0.2, 0) is 4.79 Å². The molecule has 0 aliphatic rings. The van der Waals surface area contributed by atoms with Gasteiger partial charge in [-0.25, -0.2) is 0 Å². The maximum atomic E-state index is 10.6. The summed E-state index contributed by atoms with van der Waals surface area (Å²) in [5.74, 6) is -0.0520. The lowest BCUT2D eigenvalue weighted by molar-refractivity contribution is -0.137. The molecule has 6 nitrogen and oxygen atoms in total. The van der Waals surface area contributed by atoms with Crippen molar-refractivity contribution in [2.75, 3.05) is 7.11 Å². The van der Waals surface area contributed by atoms with E-state index < -0.39 is 5.97 Å². The van der Waals surface area contributed by atoms with Gasteiger partial charge in [0.15, 0.2) is 0 Å². The number of benzene rings is 1. The van der Waals surface area contributed by atoms with Crippen molar-refractivity contribution in [2.24, 2.45) is 5.11 Å². The highest BCUT2D eigenvalue weighted by Crippen LogP contribution is 2.31. The number of rotatable bonds is 7. The van der Waals surface area contributed by atoms with Crippen LogP contribution in [0.15, 0.2) is 17.2 Å². The van der Waals surface area contributed by atoms with Gasteiger partial charge >= 0.3 is 5.97 Å². The molecule has 0 radical (unpaired) electrons. The van der Waals surface area contributed by atoms with Crippen LogP contribution < -0.4 is 4.74 Å². The number of azide groups is 1. The van der Waals surface area contributed by atoms with Crippen LogP contribution in [0, 0.1) is 13.8 Å². The summed E-state index contributed by atoms with van der Waals surface area (Å²) in [5, 5.41) is 12.5. The van der Waals surface area contributed by atoms with E-state index in [0.717, 1.165) is 22.4 Å². The zero-order valence-electron chi connectivity index (χ0n) is 12.0. The maximum Gasteiger partial charge on any atom is 0.303 e. The third kappa shape index (κ3) is 4.17. The normalized spacial score (nSPS) is 11.6. The van der Waals surface area contributed by atoms with Gasteiger partial charge in [0.2, 0.25) is 0 Å². The molecule has 1 N–H and O–H groups in total. The molecular formula is C14H19N3O3. The number of ether oxygens (including phenoxy) is 1. The smallest absolute Gasteiger partial charge is 0.303 e. The zero-order valence-corrected chi connectivity index (χ0v) is 12.0. The Labute approximate surface area is 118 Å². The van der Waals surface area contributed by atoms with Crippen LogP contribution in [0.4, 0.5) is 0 Å². The van der Waals surface area contributed by atoms with E-state index in [1.165, 1.54) is 0 Å². The molecule has 6 heteroatoms. The fourth-order valence-corrected chi connectivity index (χ4v) is 2.18. The Morgan fingerprint density at radius 2 is 2.15 bits per heavy atom. The van der Waals surface area contributed by atoms with Gasteiger partial charge in [-0.2, -0.15) is 0 Å². The fraction of sp³-hybridized carbons (Fsp3) is 0.500. The minimum absolute atomic E-state index is 0.0750. The minimum Gasteiger partial charge on any atom is -0.496 e. The highest BCUT2D eigenvalue weighted by molar-refractivity contribution is 5.66. The number of nitrogens with zero attached hydrogens (tertiary/aromatic N) is 3. The van der Waals surface area contributed by atoms with E-state index in [-0.39, 0.29) is 12.5 Å². The van der Waals surface area contributed by atoms with Gasteiger partial charge in [0.25, 0.3) is 0 Å². The van der Waals surface area contributed by atoms with Gasteiger partial charge in [0, 0.05) is 11.3 Å². The summed E-state index contributed by atoms with van der Waals surface area (Å²) < 4.78 is 5.25. The summed E-state index contributed by atoms with van der Waals surface area (Å²) in [6.45, 7) is 3.85. The highest BCUT2D eigenvalue weighted by atomic mass is 16.5. The van der Waals surface area contributed by atoms with Crippen LogP contribution in [0.3, 0.4) is 0 Å². The van der Waals surface area contributed by atoms with Crippen molar-refractivity contribution in [3.63, 3.8) is 0 Å². The molecule has 0 fully saturated rings. The molecule has 1 unspecified atom stereocenters. The Balaban J connectivity index is 2.99. The van der Waals surface area contributed by atoms with Crippen LogP contribution in [0.1, 0.15) is 42.0 Å². The molecule has 0 aliphatic heterocycles. The molecule has 0 bridgehead atoms. The Morgan fingerprint density at radius 3 is 2.70 bits per heavy atom. The largest absolute Gasteiger partial charge is 0.496 e. The second kappa shape index (κ2) is 7.40. The first kappa shape index (κ1) is 15.9. The van der Waals surface area contributed by atoms with Gasteiger partial charge in [-0.1, -0.05) is 11.2 Å². The third-order valence-electron chi connectivity index (χ3n) is 3.20. The van der Waals surface area contributed by atoms with Crippen LogP contribution in [0.2, 0.25) is 0 Å². The summed E-state index contributed by atoms with van der Waals surface area (Å²) in [4.78, 5) is 13.4. The van der Waals surface area contributed by atoms with Gasteiger partial charge in [0.05, 0.1) is 13.2 Å². The monoisotopic (exact) mass is 277 g/mol. The molecule has 0 aromatic heterocycles. The summed E-state index contributed by atoms with van der Waals surface area (Å²) in [7, 11) is 1.61. The number of hydrogen-bond acceptors (Lipinski definition) is 3. The van der Waals surface area contributed by atoms with E-state index >= 15 is 0 Å². The first-order chi connectivity index (χ1) is 9.49. The van der Waals surface area contributed by atoms with E-state index in [4.69, 9.17) is 15.4 Å². The van der Waals surface area contributed by atoms with Crippen molar-refractivity contribution < 1.29 is 14.6 Å². The highest BCUT2D eigenvalue weighted by Gasteiger charge is 2.15. The average molecular weight is 277 g/mol. The standard InChI is InChI=1S/C14H19N3O3/c1-9-8-13(20-3)10(2)7-11(9)12(16-17-15)5-4-6-14(18)19/h7-8,12H,4-6H2,1-3H3,(H,18,19). The van der Waals surface area contributed by atoms with Crippen molar-refractivity contribution in [1.29, 1.82) is 0 Å². The van der Waals surface area contributed by atoms with E-state index in [9.17, 15) is 4.79 Å². The molecule has 0 saturated carbocycles. The van der Waals surface area contributed by atoms with Crippen molar-refractivity contribution >= 4 is 5.97 Å². The molecule has 0 saturated heterocycles. The van der Waals surface area contributed by atoms with Gasteiger partial charge in [-0.05, 0) is 55.0 Å². The van der Waals surface area contributed by atoms with E-state index in [1.54, 1.807) is 7.11 Å². The third-order valence-corrected chi connectivity index (χ3v) is 3.20. The molecule has 108 valence electrons. The Kier molecular flexibility index (Phi) is 5.87. The molecule has 20 heavy (non-hydrogen) atoms. The number of hydrogen-bond donors (Lipinski definition) is 1. The SMILES string of the molecule is COc1cc(C)c(C(CCCC(=O)O)N=[N+]=[N-])cc1C.